The van der Waals surface area contributed by atoms with E-state index in [2.05, 4.69) is 11.4 Å². The van der Waals surface area contributed by atoms with Crippen LogP contribution in [0.5, 0.6) is 0 Å². The summed E-state index contributed by atoms with van der Waals surface area (Å²) in [4.78, 5) is 30.4. The number of fused-ring (bicyclic) bond motifs is 2. The second-order valence-electron chi connectivity index (χ2n) is 8.68. The predicted octanol–water partition coefficient (Wildman–Crippen LogP) is 5.59. The molecular formula is C27H25ClN2O3. The molecule has 0 atom stereocenters. The van der Waals surface area contributed by atoms with Gasteiger partial charge in [-0.25, -0.2) is 9.78 Å². The van der Waals surface area contributed by atoms with Gasteiger partial charge in [0, 0.05) is 16.5 Å². The number of nitrogens with zero attached hydrogens (tertiary/aromatic N) is 1. The number of hydrogen-bond acceptors (Lipinski definition) is 4. The Bertz CT molecular complexity index is 1240. The van der Waals surface area contributed by atoms with Crippen LogP contribution in [0, 0.1) is 0 Å². The number of carbonyl (C=O) groups excluding carboxylic acids is 2. The van der Waals surface area contributed by atoms with Crippen LogP contribution >= 0.6 is 11.6 Å². The molecule has 5 nitrogen and oxygen atoms in total. The van der Waals surface area contributed by atoms with Crippen molar-refractivity contribution in [2.24, 2.45) is 0 Å². The van der Waals surface area contributed by atoms with E-state index in [0.29, 0.717) is 17.0 Å². The number of rotatable bonds is 5. The van der Waals surface area contributed by atoms with Crippen molar-refractivity contribution >= 4 is 46.0 Å². The van der Waals surface area contributed by atoms with Gasteiger partial charge in [0.25, 0.3) is 5.91 Å². The quantitative estimate of drug-likeness (QED) is 0.504. The van der Waals surface area contributed by atoms with Gasteiger partial charge in [-0.1, -0.05) is 54.8 Å². The van der Waals surface area contributed by atoms with Crippen LogP contribution in [-0.2, 0) is 16.0 Å². The zero-order chi connectivity index (χ0) is 22.8. The van der Waals surface area contributed by atoms with Gasteiger partial charge in [-0.15, -0.1) is 0 Å². The Kier molecular flexibility index (Phi) is 6.14. The number of hydrogen-bond donors (Lipinski definition) is 1. The lowest BCUT2D eigenvalue weighted by atomic mass is 10.0. The Hall–Kier alpha value is -3.18. The summed E-state index contributed by atoms with van der Waals surface area (Å²) in [5.74, 6) is -0.715. The molecule has 0 bridgehead atoms. The van der Waals surface area contributed by atoms with Gasteiger partial charge in [0.15, 0.2) is 6.61 Å². The summed E-state index contributed by atoms with van der Waals surface area (Å²) in [5, 5.41) is 4.41. The van der Waals surface area contributed by atoms with E-state index >= 15 is 0 Å². The van der Waals surface area contributed by atoms with Crippen LogP contribution in [0.25, 0.3) is 22.6 Å². The number of nitrogens with one attached hydrogen (secondary N) is 1. The van der Waals surface area contributed by atoms with Gasteiger partial charge in [-0.3, -0.25) is 4.79 Å². The minimum absolute atomic E-state index is 0.197. The molecule has 0 aliphatic heterocycles. The molecule has 33 heavy (non-hydrogen) atoms. The molecule has 168 valence electrons. The highest BCUT2D eigenvalue weighted by molar-refractivity contribution is 6.30. The van der Waals surface area contributed by atoms with Crippen LogP contribution in [-0.4, -0.2) is 29.5 Å². The summed E-state index contributed by atoms with van der Waals surface area (Å²) in [7, 11) is 0. The Morgan fingerprint density at radius 3 is 2.61 bits per heavy atom. The number of allylic oxidation sites excluding steroid dienone is 1. The third-order valence-electron chi connectivity index (χ3n) is 6.41. The van der Waals surface area contributed by atoms with E-state index in [0.717, 1.165) is 65.4 Å². The molecular weight excluding hydrogens is 436 g/mol. The lowest BCUT2D eigenvalue weighted by Crippen LogP contribution is -2.36. The smallest absolute Gasteiger partial charge is 0.339 e. The summed E-state index contributed by atoms with van der Waals surface area (Å²) in [5.41, 5.74) is 5.07. The molecule has 5 rings (SSSR count). The van der Waals surface area contributed by atoms with E-state index in [4.69, 9.17) is 21.3 Å². The molecule has 2 aliphatic carbocycles. The largest absolute Gasteiger partial charge is 0.452 e. The maximum Gasteiger partial charge on any atom is 0.339 e. The van der Waals surface area contributed by atoms with E-state index < -0.39 is 5.97 Å². The van der Waals surface area contributed by atoms with Gasteiger partial charge >= 0.3 is 5.97 Å². The number of benzene rings is 2. The lowest BCUT2D eigenvalue weighted by molar-refractivity contribution is -0.124. The zero-order valence-electron chi connectivity index (χ0n) is 18.3. The minimum Gasteiger partial charge on any atom is -0.452 e. The molecule has 1 amide bonds. The van der Waals surface area contributed by atoms with E-state index in [1.54, 1.807) is 0 Å². The number of para-hydroxylation sites is 1. The monoisotopic (exact) mass is 460 g/mol. The van der Waals surface area contributed by atoms with Crippen molar-refractivity contribution in [1.82, 2.24) is 10.3 Å². The van der Waals surface area contributed by atoms with E-state index in [9.17, 15) is 9.59 Å². The summed E-state index contributed by atoms with van der Waals surface area (Å²) in [6.45, 7) is -0.270. The van der Waals surface area contributed by atoms with E-state index in [1.165, 1.54) is 0 Å². The summed E-state index contributed by atoms with van der Waals surface area (Å²) >= 11 is 6.02. The molecule has 1 heterocycles. The topological polar surface area (TPSA) is 68.3 Å². The first-order chi connectivity index (χ1) is 16.1. The summed E-state index contributed by atoms with van der Waals surface area (Å²) in [6.07, 6.45) is 7.82. The second-order valence-corrected chi connectivity index (χ2v) is 9.11. The fourth-order valence-corrected chi connectivity index (χ4v) is 4.94. The van der Waals surface area contributed by atoms with Crippen LogP contribution in [0.1, 0.15) is 59.3 Å². The van der Waals surface area contributed by atoms with E-state index in [1.807, 2.05) is 48.5 Å². The first-order valence-corrected chi connectivity index (χ1v) is 11.8. The fourth-order valence-electron chi connectivity index (χ4n) is 4.82. The van der Waals surface area contributed by atoms with Gasteiger partial charge in [-0.2, -0.15) is 0 Å². The Morgan fingerprint density at radius 2 is 1.82 bits per heavy atom. The molecule has 1 saturated carbocycles. The molecule has 2 aromatic carbocycles. The first kappa shape index (κ1) is 21.7. The summed E-state index contributed by atoms with van der Waals surface area (Å²) in [6, 6.07) is 15.4. The van der Waals surface area contributed by atoms with Crippen molar-refractivity contribution in [1.29, 1.82) is 0 Å². The van der Waals surface area contributed by atoms with Gasteiger partial charge in [-0.05, 0) is 66.7 Å². The normalized spacial score (nSPS) is 16.8. The van der Waals surface area contributed by atoms with Crippen LogP contribution in [0.15, 0.2) is 48.5 Å². The molecule has 6 heteroatoms. The third kappa shape index (κ3) is 4.64. The highest BCUT2D eigenvalue weighted by Gasteiger charge is 2.28. The van der Waals surface area contributed by atoms with Crippen molar-refractivity contribution in [2.75, 3.05) is 6.61 Å². The number of carbonyl (C=O) groups is 2. The molecule has 1 aromatic heterocycles. The fraction of sp³-hybridized carbons (Fsp3) is 0.296. The van der Waals surface area contributed by atoms with Crippen molar-refractivity contribution in [3.05, 3.63) is 75.9 Å². The first-order valence-electron chi connectivity index (χ1n) is 11.4. The molecule has 0 saturated heterocycles. The molecule has 0 radical (unpaired) electrons. The average Bonchev–Trinajstić information content (AvgIpc) is 3.47. The van der Waals surface area contributed by atoms with Crippen LogP contribution < -0.4 is 5.32 Å². The minimum atomic E-state index is -0.473. The molecule has 2 aliphatic rings. The zero-order valence-corrected chi connectivity index (χ0v) is 19.0. The molecule has 0 spiro atoms. The number of esters is 1. The lowest BCUT2D eigenvalue weighted by Gasteiger charge is -2.14. The maximum absolute atomic E-state index is 13.2. The molecule has 1 N–H and O–H groups in total. The van der Waals surface area contributed by atoms with Crippen LogP contribution in [0.3, 0.4) is 0 Å². The standard InChI is InChI=1S/C27H25ClN2O3/c28-19-12-9-17(10-13-19)15-18-11-14-22-25(21-7-3-4-8-23(21)30-26(18)22)27(32)33-16-24(31)29-20-5-1-2-6-20/h3-4,7-10,12-13,15,20H,1-2,5-6,11,14,16H2,(H,29,31). The second kappa shape index (κ2) is 9.36. The highest BCUT2D eigenvalue weighted by atomic mass is 35.5. The van der Waals surface area contributed by atoms with E-state index in [-0.39, 0.29) is 18.6 Å². The van der Waals surface area contributed by atoms with Crippen LogP contribution in [0.4, 0.5) is 0 Å². The average molecular weight is 461 g/mol. The molecule has 3 aromatic rings. The number of amides is 1. The van der Waals surface area contributed by atoms with Gasteiger partial charge in [0.05, 0.1) is 16.8 Å². The van der Waals surface area contributed by atoms with Gasteiger partial charge in [0.1, 0.15) is 0 Å². The van der Waals surface area contributed by atoms with Crippen molar-refractivity contribution < 1.29 is 14.3 Å². The molecule has 1 fully saturated rings. The van der Waals surface area contributed by atoms with Crippen molar-refractivity contribution in [3.63, 3.8) is 0 Å². The highest BCUT2D eigenvalue weighted by Crippen LogP contribution is 2.37. The number of aromatic nitrogens is 1. The maximum atomic E-state index is 13.2. The van der Waals surface area contributed by atoms with Gasteiger partial charge in [0.2, 0.25) is 0 Å². The van der Waals surface area contributed by atoms with Crippen molar-refractivity contribution in [3.8, 4) is 0 Å². The summed E-state index contributed by atoms with van der Waals surface area (Å²) < 4.78 is 5.49. The molecule has 0 unspecified atom stereocenters. The number of halogens is 1. The predicted molar refractivity (Wildman–Crippen MR) is 130 cm³/mol. The number of pyridine rings is 1. The number of ether oxygens (including phenoxy) is 1. The van der Waals surface area contributed by atoms with Crippen LogP contribution in [0.2, 0.25) is 5.02 Å². The SMILES string of the molecule is O=C(COC(=O)c1c2c(nc3ccccc13)C(=Cc1ccc(Cl)cc1)CC2)NC1CCCC1. The Morgan fingerprint density at radius 1 is 1.06 bits per heavy atom. The van der Waals surface area contributed by atoms with Crippen molar-refractivity contribution in [2.45, 2.75) is 44.6 Å². The third-order valence-corrected chi connectivity index (χ3v) is 6.66. The Balaban J connectivity index is 1.44. The Labute approximate surface area is 197 Å². The van der Waals surface area contributed by atoms with Gasteiger partial charge < -0.3 is 10.1 Å².